The van der Waals surface area contributed by atoms with Crippen molar-refractivity contribution >= 4 is 10.0 Å². The number of benzene rings is 1. The summed E-state index contributed by atoms with van der Waals surface area (Å²) in [5.74, 6) is 1.28. The summed E-state index contributed by atoms with van der Waals surface area (Å²) in [6, 6.07) is 11.4. The second kappa shape index (κ2) is 6.53. The summed E-state index contributed by atoms with van der Waals surface area (Å²) in [7, 11) is -3.25. The first-order valence-electron chi connectivity index (χ1n) is 8.08. The van der Waals surface area contributed by atoms with E-state index >= 15 is 0 Å². The number of hydrogen-bond donors (Lipinski definition) is 1. The Morgan fingerprint density at radius 1 is 1.17 bits per heavy atom. The summed E-state index contributed by atoms with van der Waals surface area (Å²) in [6.45, 7) is 5.29. The zero-order valence-corrected chi connectivity index (χ0v) is 14.9. The molecule has 3 rings (SSSR count). The highest BCUT2D eigenvalue weighted by Gasteiger charge is 2.27. The lowest BCUT2D eigenvalue weighted by atomic mass is 10.1. The van der Waals surface area contributed by atoms with Gasteiger partial charge in [-0.05, 0) is 62.9 Å². The molecule has 1 aromatic carbocycles. The average Bonchev–Trinajstić information content (AvgIpc) is 2.87. The molecule has 0 aliphatic heterocycles. The number of nitrogens with one attached hydrogen (secondary N) is 1. The van der Waals surface area contributed by atoms with Crippen molar-refractivity contribution in [3.63, 3.8) is 0 Å². The zero-order chi connectivity index (χ0) is 17.3. The molecule has 0 saturated carbocycles. The fraction of sp³-hybridized carbons (Fsp3) is 0.389. The molecule has 5 nitrogen and oxygen atoms in total. The SMILES string of the molecule is Cc1cccc(Oc2ccc3c(c2)C[C@@H](NS(=O)(=O)C(C)C)C3)n1. The highest BCUT2D eigenvalue weighted by atomic mass is 32.2. The van der Waals surface area contributed by atoms with Crippen LogP contribution in [0, 0.1) is 6.92 Å². The van der Waals surface area contributed by atoms with E-state index in [9.17, 15) is 8.42 Å². The van der Waals surface area contributed by atoms with Crippen molar-refractivity contribution in [1.82, 2.24) is 9.71 Å². The van der Waals surface area contributed by atoms with E-state index in [0.717, 1.165) is 22.6 Å². The topological polar surface area (TPSA) is 68.3 Å². The molecule has 0 saturated heterocycles. The van der Waals surface area contributed by atoms with Crippen LogP contribution in [0.15, 0.2) is 36.4 Å². The largest absolute Gasteiger partial charge is 0.439 e. The van der Waals surface area contributed by atoms with Gasteiger partial charge in [-0.1, -0.05) is 12.1 Å². The molecule has 0 unspecified atom stereocenters. The van der Waals surface area contributed by atoms with Gasteiger partial charge in [0.1, 0.15) is 5.75 Å². The maximum atomic E-state index is 12.0. The number of fused-ring (bicyclic) bond motifs is 1. The predicted octanol–water partition coefficient (Wildman–Crippen LogP) is 2.98. The molecule has 0 spiro atoms. The Kier molecular flexibility index (Phi) is 4.60. The Balaban J connectivity index is 1.72. The monoisotopic (exact) mass is 346 g/mol. The van der Waals surface area contributed by atoms with Gasteiger partial charge in [0.2, 0.25) is 15.9 Å². The third-order valence-corrected chi connectivity index (χ3v) is 6.05. The van der Waals surface area contributed by atoms with Crippen LogP contribution in [0.3, 0.4) is 0 Å². The van der Waals surface area contributed by atoms with Gasteiger partial charge in [-0.3, -0.25) is 0 Å². The molecule has 6 heteroatoms. The summed E-state index contributed by atoms with van der Waals surface area (Å²) >= 11 is 0. The summed E-state index contributed by atoms with van der Waals surface area (Å²) < 4.78 is 32.7. The molecule has 1 aromatic heterocycles. The van der Waals surface area contributed by atoms with Gasteiger partial charge in [-0.15, -0.1) is 0 Å². The molecular weight excluding hydrogens is 324 g/mol. The lowest BCUT2D eigenvalue weighted by Crippen LogP contribution is -2.39. The molecule has 1 aliphatic rings. The fourth-order valence-corrected chi connectivity index (χ4v) is 3.71. The first-order valence-corrected chi connectivity index (χ1v) is 9.62. The van der Waals surface area contributed by atoms with Gasteiger partial charge in [0.15, 0.2) is 0 Å². The third-order valence-electron chi connectivity index (χ3n) is 4.15. The molecule has 1 N–H and O–H groups in total. The summed E-state index contributed by atoms with van der Waals surface area (Å²) in [4.78, 5) is 4.33. The van der Waals surface area contributed by atoms with Gasteiger partial charge in [0.05, 0.1) is 5.25 Å². The highest BCUT2D eigenvalue weighted by molar-refractivity contribution is 7.90. The molecule has 2 aromatic rings. The predicted molar refractivity (Wildman–Crippen MR) is 93.9 cm³/mol. The molecule has 0 radical (unpaired) electrons. The minimum atomic E-state index is -3.25. The van der Waals surface area contributed by atoms with Crippen LogP contribution in [-0.4, -0.2) is 24.7 Å². The van der Waals surface area contributed by atoms with E-state index in [1.807, 2.05) is 43.3 Å². The van der Waals surface area contributed by atoms with Crippen molar-refractivity contribution in [2.45, 2.75) is 44.9 Å². The van der Waals surface area contributed by atoms with E-state index in [-0.39, 0.29) is 6.04 Å². The molecule has 0 bridgehead atoms. The molecule has 0 fully saturated rings. The third kappa shape index (κ3) is 3.76. The lowest BCUT2D eigenvalue weighted by molar-refractivity contribution is 0.461. The van der Waals surface area contributed by atoms with Crippen LogP contribution < -0.4 is 9.46 Å². The normalized spacial score (nSPS) is 17.1. The van der Waals surface area contributed by atoms with E-state index in [1.165, 1.54) is 0 Å². The second-order valence-electron chi connectivity index (χ2n) is 6.47. The fourth-order valence-electron chi connectivity index (χ4n) is 2.81. The molecular formula is C18H22N2O3S. The van der Waals surface area contributed by atoms with Crippen molar-refractivity contribution in [3.05, 3.63) is 53.2 Å². The number of rotatable bonds is 5. The average molecular weight is 346 g/mol. The van der Waals surface area contributed by atoms with Crippen LogP contribution in [0.5, 0.6) is 11.6 Å². The summed E-state index contributed by atoms with van der Waals surface area (Å²) in [6.07, 6.45) is 1.39. The first-order chi connectivity index (χ1) is 11.3. The maximum Gasteiger partial charge on any atom is 0.219 e. The Hall–Kier alpha value is -1.92. The van der Waals surface area contributed by atoms with Gasteiger partial charge >= 0.3 is 0 Å². The number of aromatic nitrogens is 1. The number of nitrogens with zero attached hydrogens (tertiary/aromatic N) is 1. The minimum Gasteiger partial charge on any atom is -0.439 e. The second-order valence-corrected chi connectivity index (χ2v) is 8.74. The van der Waals surface area contributed by atoms with Crippen LogP contribution in [0.4, 0.5) is 0 Å². The van der Waals surface area contributed by atoms with Crippen molar-refractivity contribution in [3.8, 4) is 11.6 Å². The van der Waals surface area contributed by atoms with Gasteiger partial charge in [0, 0.05) is 17.8 Å². The first kappa shape index (κ1) is 16.9. The van der Waals surface area contributed by atoms with Crippen LogP contribution in [-0.2, 0) is 22.9 Å². The van der Waals surface area contributed by atoms with Crippen molar-refractivity contribution in [1.29, 1.82) is 0 Å². The molecule has 128 valence electrons. The Morgan fingerprint density at radius 3 is 2.62 bits per heavy atom. The van der Waals surface area contributed by atoms with Gasteiger partial charge in [-0.25, -0.2) is 18.1 Å². The summed E-state index contributed by atoms with van der Waals surface area (Å²) in [5.41, 5.74) is 3.18. The molecule has 1 atom stereocenters. The van der Waals surface area contributed by atoms with Gasteiger partial charge in [-0.2, -0.15) is 0 Å². The van der Waals surface area contributed by atoms with Crippen molar-refractivity contribution in [2.75, 3.05) is 0 Å². The van der Waals surface area contributed by atoms with Crippen LogP contribution in [0.25, 0.3) is 0 Å². The van der Waals surface area contributed by atoms with E-state index in [1.54, 1.807) is 13.8 Å². The number of pyridine rings is 1. The standard InChI is InChI=1S/C18H22N2O3S/c1-12(2)24(21,22)20-16-9-14-7-8-17(11-15(14)10-16)23-18-6-4-5-13(3)19-18/h4-8,11-12,16,20H,9-10H2,1-3H3/t16-/m0/s1. The quantitative estimate of drug-likeness (QED) is 0.904. The molecule has 24 heavy (non-hydrogen) atoms. The van der Waals surface area contributed by atoms with Gasteiger partial charge in [0.25, 0.3) is 0 Å². The van der Waals surface area contributed by atoms with E-state index in [4.69, 9.17) is 4.74 Å². The van der Waals surface area contributed by atoms with E-state index < -0.39 is 15.3 Å². The zero-order valence-electron chi connectivity index (χ0n) is 14.1. The number of ether oxygens (including phenoxy) is 1. The number of sulfonamides is 1. The van der Waals surface area contributed by atoms with Crippen molar-refractivity contribution < 1.29 is 13.2 Å². The maximum absolute atomic E-state index is 12.0. The lowest BCUT2D eigenvalue weighted by Gasteiger charge is -2.14. The Morgan fingerprint density at radius 2 is 1.92 bits per heavy atom. The smallest absolute Gasteiger partial charge is 0.219 e. The minimum absolute atomic E-state index is 0.0836. The number of aryl methyl sites for hydroxylation is 1. The van der Waals surface area contributed by atoms with Crippen LogP contribution in [0.1, 0.15) is 30.7 Å². The van der Waals surface area contributed by atoms with Gasteiger partial charge < -0.3 is 4.74 Å². The molecule has 1 heterocycles. The van der Waals surface area contributed by atoms with Crippen LogP contribution in [0.2, 0.25) is 0 Å². The Labute approximate surface area is 143 Å². The van der Waals surface area contributed by atoms with E-state index in [0.29, 0.717) is 18.7 Å². The Bertz CT molecular complexity index is 847. The molecule has 1 aliphatic carbocycles. The highest BCUT2D eigenvalue weighted by Crippen LogP contribution is 2.29. The van der Waals surface area contributed by atoms with E-state index in [2.05, 4.69) is 9.71 Å². The number of hydrogen-bond acceptors (Lipinski definition) is 4. The molecule has 0 amide bonds. The van der Waals surface area contributed by atoms with Crippen molar-refractivity contribution in [2.24, 2.45) is 0 Å². The van der Waals surface area contributed by atoms with Crippen LogP contribution >= 0.6 is 0 Å². The summed E-state index contributed by atoms with van der Waals surface area (Å²) in [5, 5.41) is -0.424.